The normalized spacial score (nSPS) is 12.7. The number of benzene rings is 1. The summed E-state index contributed by atoms with van der Waals surface area (Å²) in [5.41, 5.74) is 1.11. The van der Waals surface area contributed by atoms with Crippen molar-refractivity contribution in [3.8, 4) is 0 Å². The van der Waals surface area contributed by atoms with Crippen LogP contribution < -0.4 is 4.89 Å². The van der Waals surface area contributed by atoms with Crippen molar-refractivity contribution in [1.29, 1.82) is 0 Å². The second-order valence-corrected chi connectivity index (χ2v) is 3.04. The molecule has 0 aliphatic rings. The maximum Gasteiger partial charge on any atom is 0.0734 e. The van der Waals surface area contributed by atoms with Gasteiger partial charge in [0.1, 0.15) is 0 Å². The van der Waals surface area contributed by atoms with Gasteiger partial charge < -0.3 is 4.55 Å². The third-order valence-corrected chi connectivity index (χ3v) is 1.72. The molecule has 0 amide bonds. The van der Waals surface area contributed by atoms with Gasteiger partial charge in [0.25, 0.3) is 0 Å². The van der Waals surface area contributed by atoms with Crippen LogP contribution in [0.1, 0.15) is 5.56 Å². The lowest BCUT2D eigenvalue weighted by Crippen LogP contribution is -2.18. The Balaban J connectivity index is 2.17. The second-order valence-electron chi connectivity index (χ2n) is 2.40. The number of hydrogen-bond acceptors (Lipinski definition) is 3. The van der Waals surface area contributed by atoms with Gasteiger partial charge in [-0.15, -0.1) is 4.89 Å². The quantitative estimate of drug-likeness (QED) is 0.429. The summed E-state index contributed by atoms with van der Waals surface area (Å²) in [4.78, 5) is 6.47. The summed E-state index contributed by atoms with van der Waals surface area (Å²) in [6.45, 7) is 0.331. The molecule has 0 bridgehead atoms. The van der Waals surface area contributed by atoms with Gasteiger partial charge in [0.15, 0.2) is 0 Å². The Bertz CT molecular complexity index is 265. The first-order valence-electron chi connectivity index (χ1n) is 3.79. The van der Waals surface area contributed by atoms with E-state index < -0.39 is 11.3 Å². The lowest BCUT2D eigenvalue weighted by Gasteiger charge is -2.06. The lowest BCUT2D eigenvalue weighted by molar-refractivity contribution is 0.0942. The largest absolute Gasteiger partial charge is 0.758 e. The molecule has 0 spiro atoms. The summed E-state index contributed by atoms with van der Waals surface area (Å²) in [6, 6.07) is 9.69. The highest BCUT2D eigenvalue weighted by molar-refractivity contribution is 7.76. The smallest absolute Gasteiger partial charge is 0.0734 e. The topological polar surface area (TPSA) is 61.4 Å². The van der Waals surface area contributed by atoms with Crippen LogP contribution in [0.4, 0.5) is 0 Å². The van der Waals surface area contributed by atoms with E-state index in [9.17, 15) is 8.76 Å². The van der Waals surface area contributed by atoms with E-state index in [2.05, 4.69) is 4.84 Å². The summed E-state index contributed by atoms with van der Waals surface area (Å²) in [5, 5.41) is 0. The van der Waals surface area contributed by atoms with Crippen LogP contribution >= 0.6 is 0 Å². The van der Waals surface area contributed by atoms with Gasteiger partial charge >= 0.3 is 0 Å². The van der Waals surface area contributed by atoms with Gasteiger partial charge in [0.05, 0.1) is 6.61 Å². The highest BCUT2D eigenvalue weighted by Gasteiger charge is 1.90. The zero-order chi connectivity index (χ0) is 9.52. The van der Waals surface area contributed by atoms with Crippen molar-refractivity contribution in [2.24, 2.45) is 0 Å². The average molecular weight is 200 g/mol. The van der Waals surface area contributed by atoms with E-state index in [0.717, 1.165) is 5.56 Å². The number of nitrogens with one attached hydrogen (secondary N) is 1. The molecule has 1 N–H and O–H groups in total. The number of rotatable bonds is 5. The molecule has 1 rings (SSSR count). The second kappa shape index (κ2) is 5.82. The lowest BCUT2D eigenvalue weighted by atomic mass is 10.2. The van der Waals surface area contributed by atoms with Gasteiger partial charge in [-0.1, -0.05) is 30.3 Å². The molecular weight excluding hydrogens is 190 g/mol. The minimum absolute atomic E-state index is 0.331. The molecule has 4 nitrogen and oxygen atoms in total. The maximum absolute atomic E-state index is 9.97. The van der Waals surface area contributed by atoms with Gasteiger partial charge in [-0.3, -0.25) is 9.05 Å². The molecular formula is C8H10NO3S-. The predicted molar refractivity (Wildman–Crippen MR) is 48.2 cm³/mol. The third kappa shape index (κ3) is 4.74. The van der Waals surface area contributed by atoms with Crippen molar-refractivity contribution in [3.63, 3.8) is 0 Å². The Hall–Kier alpha value is -0.750. The summed E-state index contributed by atoms with van der Waals surface area (Å²) in [7, 11) is 0. The minimum atomic E-state index is -2.35. The third-order valence-electron chi connectivity index (χ3n) is 1.46. The summed E-state index contributed by atoms with van der Waals surface area (Å²) in [5.74, 6) is 0. The number of hydrogen-bond donors (Lipinski definition) is 1. The molecule has 1 aromatic carbocycles. The first-order valence-corrected chi connectivity index (χ1v) is 4.87. The summed E-state index contributed by atoms with van der Waals surface area (Å²) in [6.07, 6.45) is 0.686. The standard InChI is InChI=1S/C8H11NO3S/c10-13(11)9-12-7-6-8-4-2-1-3-5-8/h1-5,9H,6-7H2,(H,10,11)/p-1. The van der Waals surface area contributed by atoms with E-state index in [0.29, 0.717) is 13.0 Å². The van der Waals surface area contributed by atoms with Gasteiger partial charge in [-0.2, -0.15) is 0 Å². The van der Waals surface area contributed by atoms with Gasteiger partial charge in [-0.25, -0.2) is 0 Å². The SMILES string of the molecule is O=S([O-])NOCCc1ccccc1. The van der Waals surface area contributed by atoms with Crippen molar-refractivity contribution in [2.75, 3.05) is 6.61 Å². The zero-order valence-corrected chi connectivity index (χ0v) is 7.75. The van der Waals surface area contributed by atoms with Crippen LogP contribution in [0.5, 0.6) is 0 Å². The Morgan fingerprint density at radius 1 is 1.38 bits per heavy atom. The van der Waals surface area contributed by atoms with Crippen LogP contribution in [0.2, 0.25) is 0 Å². The molecule has 1 unspecified atom stereocenters. The van der Waals surface area contributed by atoms with Crippen LogP contribution in [0, 0.1) is 0 Å². The van der Waals surface area contributed by atoms with E-state index in [1.54, 1.807) is 0 Å². The monoisotopic (exact) mass is 200 g/mol. The molecule has 13 heavy (non-hydrogen) atoms. The Kier molecular flexibility index (Phi) is 4.63. The highest BCUT2D eigenvalue weighted by Crippen LogP contribution is 1.98. The van der Waals surface area contributed by atoms with Crippen LogP contribution in [0.25, 0.3) is 0 Å². The molecule has 1 atom stereocenters. The molecule has 1 aromatic rings. The maximum atomic E-state index is 9.97. The van der Waals surface area contributed by atoms with Gasteiger partial charge in [0.2, 0.25) is 0 Å². The van der Waals surface area contributed by atoms with Crippen LogP contribution in [0.3, 0.4) is 0 Å². The van der Waals surface area contributed by atoms with Crippen LogP contribution in [-0.4, -0.2) is 15.4 Å². The van der Waals surface area contributed by atoms with Crippen molar-refractivity contribution in [3.05, 3.63) is 35.9 Å². The first-order chi connectivity index (χ1) is 6.29. The van der Waals surface area contributed by atoms with E-state index in [1.165, 1.54) is 0 Å². The zero-order valence-electron chi connectivity index (χ0n) is 6.93. The molecule has 5 heteroatoms. The van der Waals surface area contributed by atoms with Gasteiger partial charge in [-0.05, 0) is 12.0 Å². The van der Waals surface area contributed by atoms with Crippen molar-refractivity contribution in [1.82, 2.24) is 4.89 Å². The molecule has 0 aromatic heterocycles. The fourth-order valence-corrected chi connectivity index (χ4v) is 1.08. The summed E-state index contributed by atoms with van der Waals surface area (Å²) >= 11 is -2.35. The van der Waals surface area contributed by atoms with E-state index >= 15 is 0 Å². The molecule has 0 aliphatic heterocycles. The van der Waals surface area contributed by atoms with Crippen LogP contribution in [0.15, 0.2) is 30.3 Å². The fourth-order valence-electron chi connectivity index (χ4n) is 0.903. The molecule has 0 heterocycles. The van der Waals surface area contributed by atoms with Crippen molar-refractivity contribution >= 4 is 11.3 Å². The van der Waals surface area contributed by atoms with Crippen molar-refractivity contribution < 1.29 is 13.6 Å². The van der Waals surface area contributed by atoms with Crippen molar-refractivity contribution in [2.45, 2.75) is 6.42 Å². The van der Waals surface area contributed by atoms with Gasteiger partial charge in [0, 0.05) is 11.3 Å². The van der Waals surface area contributed by atoms with E-state index in [4.69, 9.17) is 0 Å². The first kappa shape index (κ1) is 10.3. The Morgan fingerprint density at radius 3 is 2.69 bits per heavy atom. The van der Waals surface area contributed by atoms with E-state index in [1.807, 2.05) is 35.2 Å². The molecule has 0 saturated carbocycles. The highest BCUT2D eigenvalue weighted by atomic mass is 32.2. The summed E-state index contributed by atoms with van der Waals surface area (Å²) < 4.78 is 19.9. The molecule has 0 radical (unpaired) electrons. The molecule has 0 aliphatic carbocycles. The predicted octanol–water partition coefficient (Wildman–Crippen LogP) is 0.544. The average Bonchev–Trinajstić information content (AvgIpc) is 2.14. The Morgan fingerprint density at radius 2 is 2.08 bits per heavy atom. The molecule has 0 fully saturated rings. The molecule has 72 valence electrons. The minimum Gasteiger partial charge on any atom is -0.758 e. The van der Waals surface area contributed by atoms with Crippen LogP contribution in [-0.2, 0) is 22.5 Å². The van der Waals surface area contributed by atoms with E-state index in [-0.39, 0.29) is 0 Å². The Labute approximate surface area is 79.3 Å². The fraction of sp³-hybridized carbons (Fsp3) is 0.250. The molecule has 0 saturated heterocycles.